The van der Waals surface area contributed by atoms with Gasteiger partial charge in [-0.25, -0.2) is 0 Å². The quantitative estimate of drug-likeness (QED) is 0.620. The van der Waals surface area contributed by atoms with Gasteiger partial charge in [0.25, 0.3) is 0 Å². The Morgan fingerprint density at radius 2 is 1.62 bits per heavy atom. The second-order valence-electron chi connectivity index (χ2n) is 2.24. The standard InChI is InChI=1S/C6H3BCl2F3.K/c8-4-1-2-6(9)5(3-4)7(10,11)12;/h1-3H;/q-1;+1. The van der Waals surface area contributed by atoms with E-state index in [4.69, 9.17) is 23.2 Å². The van der Waals surface area contributed by atoms with Gasteiger partial charge in [0.1, 0.15) is 0 Å². The molecular weight excluding hydrogens is 250 g/mol. The zero-order valence-electron chi connectivity index (χ0n) is 6.70. The molecule has 0 aliphatic heterocycles. The van der Waals surface area contributed by atoms with Gasteiger partial charge in [-0.15, -0.1) is 0 Å². The van der Waals surface area contributed by atoms with E-state index in [1.165, 1.54) is 6.07 Å². The molecule has 0 heterocycles. The van der Waals surface area contributed by atoms with Crippen molar-refractivity contribution in [1.29, 1.82) is 0 Å². The van der Waals surface area contributed by atoms with Crippen molar-refractivity contribution in [3.05, 3.63) is 28.2 Å². The Kier molecular flexibility index (Phi) is 5.93. The fourth-order valence-electron chi connectivity index (χ4n) is 0.765. The van der Waals surface area contributed by atoms with Crippen molar-refractivity contribution in [3.8, 4) is 0 Å². The minimum atomic E-state index is -5.06. The Labute approximate surface area is 126 Å². The molecule has 0 atom stereocenters. The summed E-state index contributed by atoms with van der Waals surface area (Å²) in [6.07, 6.45) is 0. The van der Waals surface area contributed by atoms with E-state index in [1.807, 2.05) is 0 Å². The van der Waals surface area contributed by atoms with E-state index < -0.39 is 12.4 Å². The monoisotopic (exact) mass is 252 g/mol. The van der Waals surface area contributed by atoms with E-state index in [2.05, 4.69) is 0 Å². The van der Waals surface area contributed by atoms with Crippen molar-refractivity contribution in [3.63, 3.8) is 0 Å². The molecule has 0 nitrogen and oxygen atoms in total. The minimum absolute atomic E-state index is 0. The predicted octanol–water partition coefficient (Wildman–Crippen LogP) is 0.0518. The smallest absolute Gasteiger partial charge is 0.445 e. The molecule has 0 radical (unpaired) electrons. The van der Waals surface area contributed by atoms with Crippen LogP contribution in [0.25, 0.3) is 0 Å². The molecule has 0 bridgehead atoms. The Hall–Kier alpha value is 1.29. The van der Waals surface area contributed by atoms with Gasteiger partial charge in [0.15, 0.2) is 0 Å². The molecule has 1 rings (SSSR count). The zero-order valence-corrected chi connectivity index (χ0v) is 11.3. The molecule has 7 heteroatoms. The molecule has 1 aromatic carbocycles. The molecule has 66 valence electrons. The molecule has 0 spiro atoms. The largest absolute Gasteiger partial charge is 1.00 e. The molecule has 13 heavy (non-hydrogen) atoms. The maximum atomic E-state index is 12.1. The van der Waals surface area contributed by atoms with E-state index in [1.54, 1.807) is 0 Å². The summed E-state index contributed by atoms with van der Waals surface area (Å²) >= 11 is 10.7. The Morgan fingerprint density at radius 3 is 2.00 bits per heavy atom. The van der Waals surface area contributed by atoms with Gasteiger partial charge in [0.05, 0.1) is 0 Å². The molecule has 0 amide bonds. The van der Waals surface area contributed by atoms with Crippen molar-refractivity contribution < 1.29 is 64.3 Å². The van der Waals surface area contributed by atoms with Crippen molar-refractivity contribution in [2.45, 2.75) is 0 Å². The summed E-state index contributed by atoms with van der Waals surface area (Å²) in [5, 5.41) is -0.277. The van der Waals surface area contributed by atoms with Crippen molar-refractivity contribution >= 4 is 35.6 Å². The first-order chi connectivity index (χ1) is 5.41. The number of hydrogen-bond acceptors (Lipinski definition) is 0. The molecule has 0 N–H and O–H groups in total. The van der Waals surface area contributed by atoms with Gasteiger partial charge in [-0.3, -0.25) is 0 Å². The van der Waals surface area contributed by atoms with Gasteiger partial charge in [0, 0.05) is 10.0 Å². The first-order valence-corrected chi connectivity index (χ1v) is 3.82. The molecule has 1 aromatic rings. The number of benzene rings is 1. The number of hydrogen-bond donors (Lipinski definition) is 0. The number of halogens is 5. The van der Waals surface area contributed by atoms with Crippen LogP contribution in [0.3, 0.4) is 0 Å². The molecule has 0 aliphatic carbocycles. The van der Waals surface area contributed by atoms with Crippen LogP contribution in [0.5, 0.6) is 0 Å². The summed E-state index contributed by atoms with van der Waals surface area (Å²) in [4.78, 5) is 0. The van der Waals surface area contributed by atoms with Gasteiger partial charge in [-0.05, 0) is 12.1 Å². The summed E-state index contributed by atoms with van der Waals surface area (Å²) in [6.45, 7) is -5.06. The van der Waals surface area contributed by atoms with Gasteiger partial charge in [-0.1, -0.05) is 34.7 Å². The number of rotatable bonds is 1. The molecule has 0 fully saturated rings. The fourth-order valence-corrected chi connectivity index (χ4v) is 1.19. The van der Waals surface area contributed by atoms with E-state index in [9.17, 15) is 12.9 Å². The predicted molar refractivity (Wildman–Crippen MR) is 45.2 cm³/mol. The summed E-state index contributed by atoms with van der Waals surface area (Å²) in [5.74, 6) is 0. The van der Waals surface area contributed by atoms with E-state index in [0.717, 1.165) is 12.1 Å². The Bertz CT molecular complexity index is 302. The zero-order chi connectivity index (χ0) is 9.35. The molecule has 0 aromatic heterocycles. The third-order valence-corrected chi connectivity index (χ3v) is 1.89. The summed E-state index contributed by atoms with van der Waals surface area (Å²) in [6, 6.07) is 3.27. The van der Waals surface area contributed by atoms with Crippen LogP contribution < -0.4 is 56.8 Å². The first kappa shape index (κ1) is 14.3. The van der Waals surface area contributed by atoms with E-state index >= 15 is 0 Å². The van der Waals surface area contributed by atoms with Crippen LogP contribution in [0.2, 0.25) is 10.0 Å². The van der Waals surface area contributed by atoms with Crippen LogP contribution in [0.4, 0.5) is 12.9 Å². The normalized spacial score (nSPS) is 10.8. The molecule has 0 saturated heterocycles. The van der Waals surface area contributed by atoms with Crippen molar-refractivity contribution in [2.24, 2.45) is 0 Å². The average Bonchev–Trinajstić information content (AvgIpc) is 1.92. The van der Waals surface area contributed by atoms with Crippen LogP contribution in [0, 0.1) is 0 Å². The van der Waals surface area contributed by atoms with Crippen molar-refractivity contribution in [1.82, 2.24) is 0 Å². The topological polar surface area (TPSA) is 0 Å². The van der Waals surface area contributed by atoms with Crippen LogP contribution in [-0.4, -0.2) is 6.98 Å². The van der Waals surface area contributed by atoms with Gasteiger partial charge in [-0.2, -0.15) is 0 Å². The fraction of sp³-hybridized carbons (Fsp3) is 0. The summed E-state index contributed by atoms with van der Waals surface area (Å²) in [5.41, 5.74) is -0.843. The average molecular weight is 253 g/mol. The van der Waals surface area contributed by atoms with Gasteiger partial charge >= 0.3 is 58.4 Å². The van der Waals surface area contributed by atoms with Crippen LogP contribution >= 0.6 is 23.2 Å². The molecule has 0 aliphatic rings. The van der Waals surface area contributed by atoms with Crippen molar-refractivity contribution in [2.75, 3.05) is 0 Å². The van der Waals surface area contributed by atoms with Crippen LogP contribution in [0.1, 0.15) is 0 Å². The minimum Gasteiger partial charge on any atom is -0.445 e. The van der Waals surface area contributed by atoms with Crippen LogP contribution in [0.15, 0.2) is 18.2 Å². The second-order valence-corrected chi connectivity index (χ2v) is 3.08. The third-order valence-electron chi connectivity index (χ3n) is 1.31. The maximum Gasteiger partial charge on any atom is 1.00 e. The molecular formula is C6H3BCl2F3K. The van der Waals surface area contributed by atoms with E-state index in [-0.39, 0.29) is 61.4 Å². The second kappa shape index (κ2) is 5.40. The van der Waals surface area contributed by atoms with Gasteiger partial charge in [0.2, 0.25) is 0 Å². The summed E-state index contributed by atoms with van der Waals surface area (Å²) in [7, 11) is 0. The van der Waals surface area contributed by atoms with E-state index in [0.29, 0.717) is 0 Å². The SMILES string of the molecule is F[B-](F)(F)c1cc(Cl)ccc1Cl.[K+]. The Balaban J connectivity index is 0.00000144. The molecule has 0 saturated carbocycles. The van der Waals surface area contributed by atoms with Crippen LogP contribution in [-0.2, 0) is 0 Å². The summed E-state index contributed by atoms with van der Waals surface area (Å²) < 4.78 is 36.4. The first-order valence-electron chi connectivity index (χ1n) is 3.06. The maximum absolute atomic E-state index is 12.1. The third kappa shape index (κ3) is 4.12. The Morgan fingerprint density at radius 1 is 1.08 bits per heavy atom. The molecule has 0 unspecified atom stereocenters. The van der Waals surface area contributed by atoms with Gasteiger partial charge < -0.3 is 12.9 Å².